The van der Waals surface area contributed by atoms with Crippen LogP contribution in [0.15, 0.2) is 0 Å². The molecule has 0 aliphatic rings. The quantitative estimate of drug-likeness (QED) is 0.223. The molecule has 196 valence electrons. The van der Waals surface area contributed by atoms with Gasteiger partial charge < -0.3 is 29.4 Å². The Balaban J connectivity index is 5.03. The lowest BCUT2D eigenvalue weighted by atomic mass is 9.99. The van der Waals surface area contributed by atoms with E-state index in [0.717, 1.165) is 0 Å². The number of nitrogens with two attached hydrogens (primary N) is 1. The normalized spacial score (nSPS) is 14.3. The molecular weight excluding hydrogens is 450 g/mol. The Morgan fingerprint density at radius 1 is 0.647 bits per heavy atom. The van der Waals surface area contributed by atoms with Crippen molar-refractivity contribution in [2.45, 2.75) is 103 Å². The number of carbonyl (C=O) groups excluding carboxylic acids is 5. The number of primary amides is 1. The van der Waals surface area contributed by atoms with Gasteiger partial charge in [-0.2, -0.15) is 0 Å². The maximum absolute atomic E-state index is 11.6. The summed E-state index contributed by atoms with van der Waals surface area (Å²) in [6.45, 7) is 5.21. The predicted molar refractivity (Wildman–Crippen MR) is 120 cm³/mol. The summed E-state index contributed by atoms with van der Waals surface area (Å²) in [5, 5.41) is 0. The number of rotatable bonds is 18. The topological polar surface area (TPSA) is 158 Å². The van der Waals surface area contributed by atoms with Crippen molar-refractivity contribution in [2.75, 3.05) is 13.7 Å². The number of hydrogen-bond donors (Lipinski definition) is 1. The highest BCUT2D eigenvalue weighted by atomic mass is 16.6. The van der Waals surface area contributed by atoms with E-state index < -0.39 is 54.2 Å². The molecule has 0 saturated heterocycles. The Bertz CT molecular complexity index is 666. The molecule has 11 heteroatoms. The third-order valence-electron chi connectivity index (χ3n) is 4.86. The maximum atomic E-state index is 11.6. The van der Waals surface area contributed by atoms with Crippen molar-refractivity contribution in [3.8, 4) is 0 Å². The zero-order valence-corrected chi connectivity index (χ0v) is 20.8. The molecule has 0 spiro atoms. The highest BCUT2D eigenvalue weighted by Gasteiger charge is 2.24. The summed E-state index contributed by atoms with van der Waals surface area (Å²) in [6.07, 6.45) is 1.02. The van der Waals surface area contributed by atoms with Crippen LogP contribution in [0, 0.1) is 0 Å². The zero-order valence-electron chi connectivity index (χ0n) is 20.8. The van der Waals surface area contributed by atoms with Crippen molar-refractivity contribution in [1.29, 1.82) is 0 Å². The SMILES string of the molecule is CO[C@@H](COC(C)=O)C[C@@H](CCC[C@H](C[C@H](CCCC(N)=O)OC(C)=O)OC(C)=O)OC(C)=O. The molecule has 2 N–H and O–H groups in total. The van der Waals surface area contributed by atoms with Crippen LogP contribution in [0.25, 0.3) is 0 Å². The lowest BCUT2D eigenvalue weighted by Crippen LogP contribution is -2.29. The van der Waals surface area contributed by atoms with Crippen LogP contribution in [0.4, 0.5) is 0 Å². The second-order valence-corrected chi connectivity index (χ2v) is 8.12. The van der Waals surface area contributed by atoms with E-state index in [1.807, 2.05) is 0 Å². The van der Waals surface area contributed by atoms with Gasteiger partial charge in [-0.3, -0.25) is 24.0 Å². The number of carbonyl (C=O) groups is 5. The summed E-state index contributed by atoms with van der Waals surface area (Å²) in [5.74, 6) is -2.28. The first-order valence-electron chi connectivity index (χ1n) is 11.4. The molecule has 0 radical (unpaired) electrons. The molecule has 0 aromatic rings. The van der Waals surface area contributed by atoms with Gasteiger partial charge in [-0.1, -0.05) is 0 Å². The van der Waals surface area contributed by atoms with Crippen LogP contribution >= 0.6 is 0 Å². The highest BCUT2D eigenvalue weighted by molar-refractivity contribution is 5.73. The molecule has 1 amide bonds. The van der Waals surface area contributed by atoms with Crippen LogP contribution in [-0.2, 0) is 47.7 Å². The minimum absolute atomic E-state index is 0.0367. The number of hydrogen-bond acceptors (Lipinski definition) is 10. The first-order chi connectivity index (χ1) is 15.9. The minimum Gasteiger partial charge on any atom is -0.463 e. The molecule has 0 fully saturated rings. The van der Waals surface area contributed by atoms with E-state index in [9.17, 15) is 24.0 Å². The van der Waals surface area contributed by atoms with E-state index in [0.29, 0.717) is 38.5 Å². The van der Waals surface area contributed by atoms with Gasteiger partial charge in [-0.15, -0.1) is 0 Å². The van der Waals surface area contributed by atoms with Gasteiger partial charge in [-0.05, 0) is 32.1 Å². The van der Waals surface area contributed by atoms with Crippen molar-refractivity contribution < 1.29 is 47.7 Å². The lowest BCUT2D eigenvalue weighted by molar-refractivity contribution is -0.153. The van der Waals surface area contributed by atoms with E-state index in [1.54, 1.807) is 0 Å². The fourth-order valence-corrected chi connectivity index (χ4v) is 3.48. The molecule has 0 heterocycles. The minimum atomic E-state index is -0.535. The number of methoxy groups -OCH3 is 1. The fourth-order valence-electron chi connectivity index (χ4n) is 3.48. The van der Waals surface area contributed by atoms with Crippen LogP contribution in [0.1, 0.15) is 79.1 Å². The molecule has 0 aromatic heterocycles. The standard InChI is InChI=1S/C23H39NO10/c1-15(25)31-14-22(30-5)13-21(34-18(4)28)9-6-8-19(32-16(2)26)12-20(33-17(3)27)10-7-11-23(24)29/h19-22H,6-14H2,1-5H3,(H2,24,29)/t19-,20+,21-,22-/m1/s1. The molecular formula is C23H39NO10. The summed E-state index contributed by atoms with van der Waals surface area (Å²) >= 11 is 0. The molecule has 0 aliphatic carbocycles. The molecule has 4 atom stereocenters. The van der Waals surface area contributed by atoms with Gasteiger partial charge in [0.05, 0.1) is 6.10 Å². The van der Waals surface area contributed by atoms with Crippen molar-refractivity contribution in [2.24, 2.45) is 5.73 Å². The Labute approximate surface area is 200 Å². The Morgan fingerprint density at radius 2 is 1.06 bits per heavy atom. The summed E-state index contributed by atoms with van der Waals surface area (Å²) < 4.78 is 26.4. The second kappa shape index (κ2) is 17.7. The smallest absolute Gasteiger partial charge is 0.302 e. The maximum Gasteiger partial charge on any atom is 0.302 e. The zero-order chi connectivity index (χ0) is 26.1. The van der Waals surface area contributed by atoms with Crippen molar-refractivity contribution in [3.05, 3.63) is 0 Å². The fraction of sp³-hybridized carbons (Fsp3) is 0.783. The summed E-state index contributed by atoms with van der Waals surface area (Å²) in [4.78, 5) is 56.7. The number of amides is 1. The van der Waals surface area contributed by atoms with Crippen molar-refractivity contribution in [1.82, 2.24) is 0 Å². The number of esters is 4. The Morgan fingerprint density at radius 3 is 1.41 bits per heavy atom. The van der Waals surface area contributed by atoms with Crippen molar-refractivity contribution >= 4 is 29.8 Å². The third-order valence-corrected chi connectivity index (χ3v) is 4.86. The first kappa shape index (κ1) is 31.3. The third kappa shape index (κ3) is 17.8. The van der Waals surface area contributed by atoms with Gasteiger partial charge in [-0.25, -0.2) is 0 Å². The predicted octanol–water partition coefficient (Wildman–Crippen LogP) is 1.97. The Hall–Kier alpha value is -2.69. The second-order valence-electron chi connectivity index (χ2n) is 8.12. The summed E-state index contributed by atoms with van der Waals surface area (Å²) in [5.41, 5.74) is 5.17. The number of ether oxygens (including phenoxy) is 5. The molecule has 11 nitrogen and oxygen atoms in total. The van der Waals surface area contributed by atoms with Gasteiger partial charge in [0.15, 0.2) is 0 Å². The van der Waals surface area contributed by atoms with E-state index >= 15 is 0 Å². The molecule has 0 rings (SSSR count). The van der Waals surface area contributed by atoms with Crippen LogP contribution in [-0.4, -0.2) is 67.9 Å². The van der Waals surface area contributed by atoms with Crippen LogP contribution in [0.3, 0.4) is 0 Å². The molecule has 0 saturated carbocycles. The van der Waals surface area contributed by atoms with Gasteiger partial charge in [0.1, 0.15) is 24.9 Å². The molecule has 0 aliphatic heterocycles. The Kier molecular flexibility index (Phi) is 16.3. The average Bonchev–Trinajstić information content (AvgIpc) is 2.68. The van der Waals surface area contributed by atoms with E-state index in [4.69, 9.17) is 29.4 Å². The first-order valence-corrected chi connectivity index (χ1v) is 11.4. The molecule has 0 unspecified atom stereocenters. The van der Waals surface area contributed by atoms with E-state index in [-0.39, 0.29) is 19.4 Å². The van der Waals surface area contributed by atoms with Crippen molar-refractivity contribution in [3.63, 3.8) is 0 Å². The van der Waals surface area contributed by atoms with E-state index in [2.05, 4.69) is 0 Å². The van der Waals surface area contributed by atoms with Gasteiger partial charge in [0.2, 0.25) is 5.91 Å². The van der Waals surface area contributed by atoms with Gasteiger partial charge in [0, 0.05) is 54.1 Å². The lowest BCUT2D eigenvalue weighted by Gasteiger charge is -2.25. The van der Waals surface area contributed by atoms with Crippen LogP contribution in [0.2, 0.25) is 0 Å². The van der Waals surface area contributed by atoms with Crippen LogP contribution in [0.5, 0.6) is 0 Å². The largest absolute Gasteiger partial charge is 0.463 e. The molecule has 34 heavy (non-hydrogen) atoms. The van der Waals surface area contributed by atoms with Gasteiger partial charge >= 0.3 is 23.9 Å². The van der Waals surface area contributed by atoms with Gasteiger partial charge in [0.25, 0.3) is 0 Å². The average molecular weight is 490 g/mol. The monoisotopic (exact) mass is 489 g/mol. The molecule has 0 bridgehead atoms. The molecule has 0 aromatic carbocycles. The summed E-state index contributed by atoms with van der Waals surface area (Å²) in [7, 11) is 1.48. The van der Waals surface area contributed by atoms with Crippen LogP contribution < -0.4 is 5.73 Å². The highest BCUT2D eigenvalue weighted by Crippen LogP contribution is 2.21. The van der Waals surface area contributed by atoms with E-state index in [1.165, 1.54) is 34.8 Å². The summed E-state index contributed by atoms with van der Waals surface area (Å²) in [6, 6.07) is 0.